The maximum absolute atomic E-state index is 13.6. The van der Waals surface area contributed by atoms with Crippen LogP contribution in [0.4, 0.5) is 0 Å². The summed E-state index contributed by atoms with van der Waals surface area (Å²) in [7, 11) is 0. The quantitative estimate of drug-likeness (QED) is 0.309. The van der Waals surface area contributed by atoms with E-state index in [9.17, 15) is 9.59 Å². The Labute approximate surface area is 188 Å². The van der Waals surface area contributed by atoms with E-state index >= 15 is 0 Å². The highest BCUT2D eigenvalue weighted by atomic mass is 32.2. The predicted molar refractivity (Wildman–Crippen MR) is 126 cm³/mol. The maximum atomic E-state index is 13.6. The van der Waals surface area contributed by atoms with E-state index in [2.05, 4.69) is 29.0 Å². The van der Waals surface area contributed by atoms with Crippen LogP contribution in [0.2, 0.25) is 0 Å². The molecule has 0 unspecified atom stereocenters. The number of rotatable bonds is 6. The number of aromatic amines is 1. The summed E-state index contributed by atoms with van der Waals surface area (Å²) in [6.45, 7) is 4.19. The van der Waals surface area contributed by atoms with Crippen LogP contribution in [0.15, 0.2) is 76.8 Å². The molecule has 3 aromatic heterocycles. The third-order valence-corrected chi connectivity index (χ3v) is 6.35. The molecule has 160 valence electrons. The summed E-state index contributed by atoms with van der Waals surface area (Å²) in [6, 6.07) is 18.8. The Bertz CT molecular complexity index is 1500. The van der Waals surface area contributed by atoms with Gasteiger partial charge in [-0.05, 0) is 41.8 Å². The Hall–Kier alpha value is -3.65. The molecule has 0 atom stereocenters. The molecule has 0 bridgehead atoms. The zero-order valence-electron chi connectivity index (χ0n) is 17.6. The number of para-hydroxylation sites is 2. The topological polar surface area (TPSA) is 85.0 Å². The molecular weight excluding hydrogens is 422 g/mol. The second-order valence-corrected chi connectivity index (χ2v) is 8.73. The zero-order chi connectivity index (χ0) is 22.2. The van der Waals surface area contributed by atoms with Crippen LogP contribution in [0.5, 0.6) is 0 Å². The first-order chi connectivity index (χ1) is 15.6. The van der Waals surface area contributed by atoms with Crippen molar-refractivity contribution in [1.29, 1.82) is 0 Å². The van der Waals surface area contributed by atoms with Crippen LogP contribution < -0.4 is 5.56 Å². The summed E-state index contributed by atoms with van der Waals surface area (Å²) in [4.78, 5) is 29.0. The van der Waals surface area contributed by atoms with Crippen molar-refractivity contribution in [1.82, 2.24) is 24.1 Å². The van der Waals surface area contributed by atoms with Gasteiger partial charge in [0.1, 0.15) is 0 Å². The first-order valence-corrected chi connectivity index (χ1v) is 11.3. The van der Waals surface area contributed by atoms with E-state index in [1.165, 1.54) is 11.8 Å². The minimum absolute atomic E-state index is 0.0282. The van der Waals surface area contributed by atoms with Gasteiger partial charge in [-0.25, -0.2) is 4.57 Å². The Morgan fingerprint density at radius 2 is 1.81 bits per heavy atom. The van der Waals surface area contributed by atoms with E-state index in [1.54, 1.807) is 22.9 Å². The lowest BCUT2D eigenvalue weighted by Gasteiger charge is -2.16. The third kappa shape index (κ3) is 3.33. The van der Waals surface area contributed by atoms with Gasteiger partial charge in [-0.15, -0.1) is 10.2 Å². The molecule has 5 rings (SSSR count). The highest BCUT2D eigenvalue weighted by Gasteiger charge is 2.20. The molecule has 8 heteroatoms. The molecule has 0 saturated carbocycles. The number of hydrogen-bond acceptors (Lipinski definition) is 5. The standard InChI is InChI=1S/C24H21N5O2S/c1-15(2)16-8-3-5-11-19(16)28-22(31)17-9-4-6-12-20(17)29-23(28)26-27-24(29)32-14-21(30)18-10-7-13-25-18/h3-13,15,25H,14H2,1-2H3. The number of thioether (sulfide) groups is 1. The smallest absolute Gasteiger partial charge is 0.267 e. The highest BCUT2D eigenvalue weighted by Crippen LogP contribution is 2.27. The van der Waals surface area contributed by atoms with Gasteiger partial charge in [-0.3, -0.25) is 14.0 Å². The molecular formula is C24H21N5O2S. The van der Waals surface area contributed by atoms with Crippen LogP contribution in [0.25, 0.3) is 22.4 Å². The largest absolute Gasteiger partial charge is 0.359 e. The van der Waals surface area contributed by atoms with E-state index in [0.717, 1.165) is 11.3 Å². The lowest BCUT2D eigenvalue weighted by Crippen LogP contribution is -2.23. The minimum atomic E-state index is -0.146. The molecule has 0 saturated heterocycles. The van der Waals surface area contributed by atoms with Gasteiger partial charge in [0, 0.05) is 6.20 Å². The van der Waals surface area contributed by atoms with Crippen LogP contribution in [0, 0.1) is 0 Å². The normalized spacial score (nSPS) is 11.6. The summed E-state index contributed by atoms with van der Waals surface area (Å²) >= 11 is 1.30. The number of carbonyl (C=O) groups excluding carboxylic acids is 1. The number of aromatic nitrogens is 5. The lowest BCUT2D eigenvalue weighted by molar-refractivity contribution is 0.101. The van der Waals surface area contributed by atoms with E-state index in [4.69, 9.17) is 0 Å². The van der Waals surface area contributed by atoms with Crippen LogP contribution >= 0.6 is 11.8 Å². The summed E-state index contributed by atoms with van der Waals surface area (Å²) in [5, 5.41) is 9.86. The number of ketones is 1. The molecule has 3 heterocycles. The molecule has 0 spiro atoms. The molecule has 1 N–H and O–H groups in total. The molecule has 7 nitrogen and oxygen atoms in total. The second kappa shape index (κ2) is 8.12. The SMILES string of the molecule is CC(C)c1ccccc1-n1c(=O)c2ccccc2n2c(SCC(=O)c3ccc[nH]3)nnc12. The van der Waals surface area contributed by atoms with Crippen molar-refractivity contribution < 1.29 is 4.79 Å². The van der Waals surface area contributed by atoms with Crippen molar-refractivity contribution in [3.05, 3.63) is 88.5 Å². The van der Waals surface area contributed by atoms with Crippen molar-refractivity contribution in [2.45, 2.75) is 24.9 Å². The van der Waals surface area contributed by atoms with Gasteiger partial charge in [-0.2, -0.15) is 0 Å². The van der Waals surface area contributed by atoms with Crippen LogP contribution in [-0.2, 0) is 0 Å². The van der Waals surface area contributed by atoms with Crippen LogP contribution in [0.1, 0.15) is 35.8 Å². The van der Waals surface area contributed by atoms with Gasteiger partial charge in [0.05, 0.1) is 28.0 Å². The molecule has 0 aliphatic rings. The Balaban J connectivity index is 1.72. The zero-order valence-corrected chi connectivity index (χ0v) is 18.5. The molecule has 32 heavy (non-hydrogen) atoms. The number of benzene rings is 2. The minimum Gasteiger partial charge on any atom is -0.359 e. The number of hydrogen-bond donors (Lipinski definition) is 1. The average Bonchev–Trinajstić information content (AvgIpc) is 3.49. The van der Waals surface area contributed by atoms with Gasteiger partial charge in [0.25, 0.3) is 5.56 Å². The number of fused-ring (bicyclic) bond motifs is 3. The fourth-order valence-corrected chi connectivity index (χ4v) is 4.70. The second-order valence-electron chi connectivity index (χ2n) is 7.78. The molecule has 0 aliphatic carbocycles. The summed E-state index contributed by atoms with van der Waals surface area (Å²) in [5.74, 6) is 0.827. The third-order valence-electron chi connectivity index (χ3n) is 5.43. The van der Waals surface area contributed by atoms with E-state index < -0.39 is 0 Å². The maximum Gasteiger partial charge on any atom is 0.267 e. The van der Waals surface area contributed by atoms with Crippen LogP contribution in [-0.4, -0.2) is 35.7 Å². The first kappa shape index (κ1) is 20.3. The first-order valence-electron chi connectivity index (χ1n) is 10.3. The number of nitrogens with one attached hydrogen (secondary N) is 1. The molecule has 0 amide bonds. The van der Waals surface area contributed by atoms with Crippen molar-refractivity contribution in [2.24, 2.45) is 0 Å². The van der Waals surface area contributed by atoms with Gasteiger partial charge in [0.15, 0.2) is 10.9 Å². The number of H-pyrrole nitrogens is 1. The molecule has 0 radical (unpaired) electrons. The van der Waals surface area contributed by atoms with Gasteiger partial charge >= 0.3 is 0 Å². The highest BCUT2D eigenvalue weighted by molar-refractivity contribution is 7.99. The van der Waals surface area contributed by atoms with E-state index in [-0.39, 0.29) is 23.0 Å². The fraction of sp³-hybridized carbons (Fsp3) is 0.167. The van der Waals surface area contributed by atoms with Crippen molar-refractivity contribution in [2.75, 3.05) is 5.75 Å². The Morgan fingerprint density at radius 3 is 2.59 bits per heavy atom. The van der Waals surface area contributed by atoms with Crippen LogP contribution in [0.3, 0.4) is 0 Å². The Kier molecular flexibility index (Phi) is 5.14. The monoisotopic (exact) mass is 443 g/mol. The van der Waals surface area contributed by atoms with E-state index in [1.807, 2.05) is 52.9 Å². The summed E-state index contributed by atoms with van der Waals surface area (Å²) < 4.78 is 3.49. The molecule has 0 fully saturated rings. The molecule has 5 aromatic rings. The van der Waals surface area contributed by atoms with Gasteiger partial charge < -0.3 is 4.98 Å². The number of Topliss-reactive ketones (excluding diaryl/α,β-unsaturated/α-hetero) is 1. The number of nitrogens with zero attached hydrogens (tertiary/aromatic N) is 4. The van der Waals surface area contributed by atoms with Crippen molar-refractivity contribution in [3.8, 4) is 5.69 Å². The van der Waals surface area contributed by atoms with Crippen molar-refractivity contribution in [3.63, 3.8) is 0 Å². The fourth-order valence-electron chi connectivity index (χ4n) is 3.88. The average molecular weight is 444 g/mol. The predicted octanol–water partition coefficient (Wildman–Crippen LogP) is 4.46. The van der Waals surface area contributed by atoms with Crippen molar-refractivity contribution >= 4 is 34.2 Å². The van der Waals surface area contributed by atoms with E-state index in [0.29, 0.717) is 27.5 Å². The molecule has 0 aliphatic heterocycles. The van der Waals surface area contributed by atoms with Gasteiger partial charge in [-0.1, -0.05) is 55.9 Å². The Morgan fingerprint density at radius 1 is 1.03 bits per heavy atom. The summed E-state index contributed by atoms with van der Waals surface area (Å²) in [5.41, 5.74) is 2.96. The number of carbonyl (C=O) groups is 1. The molecule has 2 aromatic carbocycles. The van der Waals surface area contributed by atoms with Gasteiger partial charge in [0.2, 0.25) is 5.78 Å². The lowest BCUT2D eigenvalue weighted by atomic mass is 10.0. The summed E-state index contributed by atoms with van der Waals surface area (Å²) in [6.07, 6.45) is 1.72.